The molecule has 4 nitrogen and oxygen atoms in total. The van der Waals surface area contributed by atoms with E-state index in [0.29, 0.717) is 23.6 Å². The number of nitrogens with one attached hydrogen (secondary N) is 1. The summed E-state index contributed by atoms with van der Waals surface area (Å²) in [5.74, 6) is 0.638. The average Bonchev–Trinajstić information content (AvgIpc) is 2.74. The molecule has 0 aliphatic carbocycles. The van der Waals surface area contributed by atoms with Gasteiger partial charge in [-0.15, -0.1) is 0 Å². The average molecular weight is 377 g/mol. The van der Waals surface area contributed by atoms with Crippen molar-refractivity contribution in [3.8, 4) is 11.5 Å². The fourth-order valence-electron chi connectivity index (χ4n) is 2.60. The molecule has 0 saturated heterocycles. The Balaban J connectivity index is 1.43. The molecule has 142 valence electrons. The van der Waals surface area contributed by atoms with Gasteiger partial charge in [-0.2, -0.15) is 0 Å². The topological polar surface area (TPSA) is 55.4 Å². The van der Waals surface area contributed by atoms with Gasteiger partial charge in [-0.3, -0.25) is 9.59 Å². The van der Waals surface area contributed by atoms with Crippen molar-refractivity contribution in [3.05, 3.63) is 95.8 Å². The lowest BCUT2D eigenvalue weighted by Crippen LogP contribution is -2.23. The Bertz CT molecular complexity index is 922. The third-order valence-electron chi connectivity index (χ3n) is 4.14. The molecule has 0 spiro atoms. The second-order valence-electron chi connectivity index (χ2n) is 6.27. The molecule has 1 N–H and O–H groups in total. The maximum Gasteiger partial charge on any atom is 0.220 e. The van der Waals surface area contributed by atoms with Gasteiger partial charge in [0.1, 0.15) is 17.3 Å². The van der Waals surface area contributed by atoms with E-state index in [-0.39, 0.29) is 30.3 Å². The summed E-state index contributed by atoms with van der Waals surface area (Å²) in [6.07, 6.45) is 0.333. The van der Waals surface area contributed by atoms with E-state index in [1.807, 2.05) is 18.2 Å². The van der Waals surface area contributed by atoms with Crippen LogP contribution in [0.2, 0.25) is 0 Å². The first-order valence-electron chi connectivity index (χ1n) is 8.97. The van der Waals surface area contributed by atoms with Crippen molar-refractivity contribution < 1.29 is 18.7 Å². The Kier molecular flexibility index (Phi) is 6.52. The summed E-state index contributed by atoms with van der Waals surface area (Å²) in [7, 11) is 0. The van der Waals surface area contributed by atoms with Crippen LogP contribution in [-0.2, 0) is 11.3 Å². The van der Waals surface area contributed by atoms with Crippen molar-refractivity contribution in [2.45, 2.75) is 19.4 Å². The van der Waals surface area contributed by atoms with Crippen LogP contribution >= 0.6 is 0 Å². The van der Waals surface area contributed by atoms with Crippen LogP contribution in [-0.4, -0.2) is 11.7 Å². The van der Waals surface area contributed by atoms with E-state index in [2.05, 4.69) is 5.32 Å². The molecule has 0 bridgehead atoms. The van der Waals surface area contributed by atoms with Crippen LogP contribution in [0.3, 0.4) is 0 Å². The summed E-state index contributed by atoms with van der Waals surface area (Å²) >= 11 is 0. The first kappa shape index (κ1) is 19.3. The number of ether oxygens (including phenoxy) is 1. The summed E-state index contributed by atoms with van der Waals surface area (Å²) in [6.45, 7) is 0.370. The van der Waals surface area contributed by atoms with Crippen LogP contribution in [0.25, 0.3) is 0 Å². The molecule has 0 aliphatic heterocycles. The summed E-state index contributed by atoms with van der Waals surface area (Å²) in [5.41, 5.74) is 1.53. The number of benzene rings is 3. The predicted molar refractivity (Wildman–Crippen MR) is 105 cm³/mol. The molecule has 5 heteroatoms. The van der Waals surface area contributed by atoms with Gasteiger partial charge in [0.25, 0.3) is 0 Å². The SMILES string of the molecule is O=C(CCC(=O)c1ccccc1)NCc1ccc(Oc2ccc(F)cc2)cc1. The summed E-state index contributed by atoms with van der Waals surface area (Å²) in [4.78, 5) is 24.0. The van der Waals surface area contributed by atoms with E-state index in [1.54, 1.807) is 48.5 Å². The molecule has 0 aliphatic rings. The molecule has 0 unspecified atom stereocenters. The number of ketones is 1. The predicted octanol–water partition coefficient (Wildman–Crippen LogP) is 4.90. The number of halogens is 1. The molecule has 28 heavy (non-hydrogen) atoms. The lowest BCUT2D eigenvalue weighted by atomic mass is 10.1. The fraction of sp³-hybridized carbons (Fsp3) is 0.130. The van der Waals surface area contributed by atoms with Crippen LogP contribution in [0.1, 0.15) is 28.8 Å². The van der Waals surface area contributed by atoms with Gasteiger partial charge in [-0.25, -0.2) is 4.39 Å². The van der Waals surface area contributed by atoms with Gasteiger partial charge in [0.15, 0.2) is 5.78 Å². The van der Waals surface area contributed by atoms with E-state index in [9.17, 15) is 14.0 Å². The highest BCUT2D eigenvalue weighted by atomic mass is 19.1. The van der Waals surface area contributed by atoms with Gasteiger partial charge in [0.05, 0.1) is 0 Å². The summed E-state index contributed by atoms with van der Waals surface area (Å²) in [5, 5.41) is 2.81. The van der Waals surface area contributed by atoms with Gasteiger partial charge < -0.3 is 10.1 Å². The standard InChI is InChI=1S/C23H20FNO3/c24-19-8-12-21(13-9-19)28-20-10-6-17(7-11-20)16-25-23(27)15-14-22(26)18-4-2-1-3-5-18/h1-13H,14-16H2,(H,25,27). The Hall–Kier alpha value is -3.47. The lowest BCUT2D eigenvalue weighted by molar-refractivity contribution is -0.121. The van der Waals surface area contributed by atoms with Crippen molar-refractivity contribution in [1.82, 2.24) is 5.32 Å². The maximum atomic E-state index is 12.9. The zero-order valence-electron chi connectivity index (χ0n) is 15.2. The normalized spacial score (nSPS) is 10.3. The van der Waals surface area contributed by atoms with Crippen LogP contribution in [0, 0.1) is 5.82 Å². The van der Waals surface area contributed by atoms with Crippen molar-refractivity contribution in [2.24, 2.45) is 0 Å². The number of carbonyl (C=O) groups is 2. The molecule has 0 heterocycles. The largest absolute Gasteiger partial charge is 0.457 e. The number of hydrogen-bond acceptors (Lipinski definition) is 3. The maximum absolute atomic E-state index is 12.9. The number of amides is 1. The third-order valence-corrected chi connectivity index (χ3v) is 4.14. The van der Waals surface area contributed by atoms with Crippen LogP contribution in [0.15, 0.2) is 78.9 Å². The minimum absolute atomic E-state index is 0.0435. The highest BCUT2D eigenvalue weighted by molar-refractivity contribution is 5.97. The molecule has 3 rings (SSSR count). The van der Waals surface area contributed by atoms with Gasteiger partial charge in [-0.05, 0) is 42.0 Å². The molecular formula is C23H20FNO3. The molecule has 0 aromatic heterocycles. The zero-order valence-corrected chi connectivity index (χ0v) is 15.2. The molecule has 3 aromatic rings. The zero-order chi connectivity index (χ0) is 19.8. The van der Waals surface area contributed by atoms with Crippen molar-refractivity contribution in [2.75, 3.05) is 0 Å². The monoisotopic (exact) mass is 377 g/mol. The highest BCUT2D eigenvalue weighted by Crippen LogP contribution is 2.21. The Morgan fingerprint density at radius 1 is 0.786 bits per heavy atom. The Morgan fingerprint density at radius 2 is 1.39 bits per heavy atom. The Labute approximate surface area is 163 Å². The third kappa shape index (κ3) is 5.77. The van der Waals surface area contributed by atoms with E-state index < -0.39 is 0 Å². The first-order valence-corrected chi connectivity index (χ1v) is 8.97. The second-order valence-corrected chi connectivity index (χ2v) is 6.27. The van der Waals surface area contributed by atoms with Gasteiger partial charge in [-0.1, -0.05) is 42.5 Å². The second kappa shape index (κ2) is 9.46. The van der Waals surface area contributed by atoms with Gasteiger partial charge >= 0.3 is 0 Å². The molecular weight excluding hydrogens is 357 g/mol. The summed E-state index contributed by atoms with van der Waals surface area (Å²) < 4.78 is 18.5. The highest BCUT2D eigenvalue weighted by Gasteiger charge is 2.09. The van der Waals surface area contributed by atoms with Crippen molar-refractivity contribution in [3.63, 3.8) is 0 Å². The van der Waals surface area contributed by atoms with E-state index in [4.69, 9.17) is 4.74 Å². The summed E-state index contributed by atoms with van der Waals surface area (Å²) in [6, 6.07) is 22.0. The molecule has 0 saturated carbocycles. The molecule has 0 fully saturated rings. The minimum Gasteiger partial charge on any atom is -0.457 e. The lowest BCUT2D eigenvalue weighted by Gasteiger charge is -2.08. The van der Waals surface area contributed by atoms with Crippen LogP contribution in [0.4, 0.5) is 4.39 Å². The Morgan fingerprint density at radius 3 is 2.04 bits per heavy atom. The quantitative estimate of drug-likeness (QED) is 0.568. The van der Waals surface area contributed by atoms with Crippen LogP contribution in [0.5, 0.6) is 11.5 Å². The van der Waals surface area contributed by atoms with Crippen molar-refractivity contribution >= 4 is 11.7 Å². The fourth-order valence-corrected chi connectivity index (χ4v) is 2.60. The smallest absolute Gasteiger partial charge is 0.220 e. The first-order chi connectivity index (χ1) is 13.6. The van der Waals surface area contributed by atoms with Crippen molar-refractivity contribution in [1.29, 1.82) is 0 Å². The van der Waals surface area contributed by atoms with E-state index >= 15 is 0 Å². The van der Waals surface area contributed by atoms with Crippen LogP contribution < -0.4 is 10.1 Å². The molecule has 1 amide bonds. The molecule has 0 radical (unpaired) electrons. The number of carbonyl (C=O) groups excluding carboxylic acids is 2. The van der Waals surface area contributed by atoms with E-state index in [0.717, 1.165) is 5.56 Å². The minimum atomic E-state index is -0.316. The van der Waals surface area contributed by atoms with Gasteiger partial charge in [0.2, 0.25) is 5.91 Å². The van der Waals surface area contributed by atoms with E-state index in [1.165, 1.54) is 12.1 Å². The number of Topliss-reactive ketones (excluding diaryl/α,β-unsaturated/α-hetero) is 1. The van der Waals surface area contributed by atoms with Gasteiger partial charge in [0, 0.05) is 24.9 Å². The number of rotatable bonds is 8. The molecule has 0 atom stereocenters. The molecule has 3 aromatic carbocycles. The number of hydrogen-bond donors (Lipinski definition) is 1.